The largest absolute Gasteiger partial charge is 0.359 e. The number of carbonyl (C=O) groups excluding carboxylic acids is 1. The number of carbonyl (C=O) groups is 1. The van der Waals surface area contributed by atoms with Gasteiger partial charge in [-0.25, -0.2) is 8.42 Å². The van der Waals surface area contributed by atoms with Gasteiger partial charge in [-0.3, -0.25) is 4.79 Å². The van der Waals surface area contributed by atoms with Crippen molar-refractivity contribution in [1.82, 2.24) is 15.5 Å². The van der Waals surface area contributed by atoms with Gasteiger partial charge in [0, 0.05) is 13.1 Å². The second-order valence-electron chi connectivity index (χ2n) is 5.38. The average molecular weight is 319 g/mol. The molecule has 0 spiro atoms. The van der Waals surface area contributed by atoms with E-state index >= 15 is 0 Å². The van der Waals surface area contributed by atoms with Crippen LogP contribution in [-0.4, -0.2) is 61.5 Å². The molecule has 114 valence electrons. The van der Waals surface area contributed by atoms with E-state index in [1.165, 1.54) is 0 Å². The Morgan fingerprint density at radius 2 is 2.05 bits per heavy atom. The van der Waals surface area contributed by atoms with Crippen LogP contribution in [0.1, 0.15) is 25.7 Å². The number of thiocarbonyl (C=S) groups is 1. The van der Waals surface area contributed by atoms with E-state index in [4.69, 9.17) is 12.2 Å². The summed E-state index contributed by atoms with van der Waals surface area (Å²) in [4.78, 5) is 12.1. The number of hydrogen-bond acceptors (Lipinski definition) is 4. The van der Waals surface area contributed by atoms with Gasteiger partial charge in [0.15, 0.2) is 14.9 Å². The molecule has 0 aromatic rings. The number of sulfone groups is 1. The Labute approximate surface area is 125 Å². The number of unbranched alkanes of at least 4 members (excludes halogenated alkanes) is 3. The first-order valence-electron chi connectivity index (χ1n) is 6.98. The van der Waals surface area contributed by atoms with Gasteiger partial charge in [-0.15, -0.1) is 0 Å². The van der Waals surface area contributed by atoms with Gasteiger partial charge < -0.3 is 15.5 Å². The molecular weight excluding hydrogens is 298 g/mol. The quantitative estimate of drug-likeness (QED) is 0.362. The molecule has 0 aliphatic carbocycles. The summed E-state index contributed by atoms with van der Waals surface area (Å²) in [6.45, 7) is 1.53. The molecule has 0 unspecified atom stereocenters. The smallest absolute Gasteiger partial charge is 0.207 e. The molecule has 0 aromatic heterocycles. The van der Waals surface area contributed by atoms with Crippen molar-refractivity contribution in [2.45, 2.75) is 37.8 Å². The first-order chi connectivity index (χ1) is 9.53. The minimum absolute atomic E-state index is 0.0178. The standard InChI is InChI=1S/C12H21N3O3S2/c16-9-13-5-3-1-2-4-6-15-11-8-20(17,18)7-10(11)14-12(15)19/h9-11H,1-8H2,(H,13,16)(H,14,19)/t10-,11-/m1/s1. The number of fused-ring (bicyclic) bond motifs is 1. The molecule has 2 fully saturated rings. The van der Waals surface area contributed by atoms with E-state index in [2.05, 4.69) is 10.6 Å². The maximum absolute atomic E-state index is 11.6. The summed E-state index contributed by atoms with van der Waals surface area (Å²) >= 11 is 5.28. The molecule has 2 saturated heterocycles. The van der Waals surface area contributed by atoms with E-state index in [-0.39, 0.29) is 23.6 Å². The molecule has 0 saturated carbocycles. The average Bonchev–Trinajstić information content (AvgIpc) is 2.80. The SMILES string of the molecule is O=CNCCCCCCN1C(=S)N[C@@H]2CS(=O)(=O)C[C@H]21. The van der Waals surface area contributed by atoms with Crippen LogP contribution in [0.4, 0.5) is 0 Å². The zero-order chi connectivity index (χ0) is 14.6. The Kier molecular flexibility index (Phi) is 5.20. The molecule has 2 rings (SSSR count). The molecule has 1 amide bonds. The maximum atomic E-state index is 11.6. The summed E-state index contributed by atoms with van der Waals surface area (Å²) < 4.78 is 23.3. The highest BCUT2D eigenvalue weighted by atomic mass is 32.2. The van der Waals surface area contributed by atoms with E-state index < -0.39 is 9.84 Å². The molecule has 8 heteroatoms. The molecule has 2 aliphatic heterocycles. The van der Waals surface area contributed by atoms with Gasteiger partial charge in [-0.2, -0.15) is 0 Å². The number of nitrogens with one attached hydrogen (secondary N) is 2. The minimum Gasteiger partial charge on any atom is -0.359 e. The molecule has 0 bridgehead atoms. The van der Waals surface area contributed by atoms with Crippen molar-refractivity contribution in [3.05, 3.63) is 0 Å². The second kappa shape index (κ2) is 6.71. The highest BCUT2D eigenvalue weighted by molar-refractivity contribution is 7.91. The van der Waals surface area contributed by atoms with Gasteiger partial charge >= 0.3 is 0 Å². The Hall–Kier alpha value is -0.890. The number of nitrogens with zero attached hydrogens (tertiary/aromatic N) is 1. The van der Waals surface area contributed by atoms with Crippen LogP contribution in [0.3, 0.4) is 0 Å². The number of rotatable bonds is 8. The fraction of sp³-hybridized carbons (Fsp3) is 0.833. The molecule has 20 heavy (non-hydrogen) atoms. The third-order valence-electron chi connectivity index (χ3n) is 3.85. The number of amides is 1. The van der Waals surface area contributed by atoms with Crippen molar-refractivity contribution in [1.29, 1.82) is 0 Å². The molecule has 2 N–H and O–H groups in total. The van der Waals surface area contributed by atoms with Crippen molar-refractivity contribution in [2.24, 2.45) is 0 Å². The normalized spacial score (nSPS) is 27.2. The van der Waals surface area contributed by atoms with Crippen molar-refractivity contribution in [3.63, 3.8) is 0 Å². The Balaban J connectivity index is 1.70. The predicted octanol–water partition coefficient (Wildman–Crippen LogP) is -0.351. The fourth-order valence-corrected chi connectivity index (χ4v) is 5.15. The number of hydrogen-bond donors (Lipinski definition) is 2. The van der Waals surface area contributed by atoms with Crippen molar-refractivity contribution < 1.29 is 13.2 Å². The van der Waals surface area contributed by atoms with E-state index in [1.807, 2.05) is 4.90 Å². The summed E-state index contributed by atoms with van der Waals surface area (Å²) in [5.41, 5.74) is 0. The van der Waals surface area contributed by atoms with E-state index in [0.29, 0.717) is 5.11 Å². The zero-order valence-electron chi connectivity index (χ0n) is 11.4. The van der Waals surface area contributed by atoms with Gasteiger partial charge in [0.1, 0.15) is 0 Å². The van der Waals surface area contributed by atoms with Gasteiger partial charge in [-0.05, 0) is 25.1 Å². The van der Waals surface area contributed by atoms with Gasteiger partial charge in [0.25, 0.3) is 0 Å². The summed E-state index contributed by atoms with van der Waals surface area (Å²) in [6.07, 6.45) is 4.80. The Morgan fingerprint density at radius 1 is 1.30 bits per heavy atom. The first-order valence-corrected chi connectivity index (χ1v) is 9.21. The third-order valence-corrected chi connectivity index (χ3v) is 5.91. The third kappa shape index (κ3) is 3.82. The lowest BCUT2D eigenvalue weighted by molar-refractivity contribution is -0.109. The van der Waals surface area contributed by atoms with Crippen LogP contribution in [0.25, 0.3) is 0 Å². The summed E-state index contributed by atoms with van der Waals surface area (Å²) in [6, 6.07) is -0.00600. The molecule has 0 aromatic carbocycles. The predicted molar refractivity (Wildman–Crippen MR) is 81.2 cm³/mol. The van der Waals surface area contributed by atoms with Crippen molar-refractivity contribution in [3.8, 4) is 0 Å². The molecule has 2 atom stereocenters. The second-order valence-corrected chi connectivity index (χ2v) is 7.92. The van der Waals surface area contributed by atoms with Gasteiger partial charge in [-0.1, -0.05) is 12.8 Å². The minimum atomic E-state index is -2.91. The molecule has 6 nitrogen and oxygen atoms in total. The van der Waals surface area contributed by atoms with Crippen LogP contribution in [0.15, 0.2) is 0 Å². The summed E-state index contributed by atoms with van der Waals surface area (Å²) in [5.74, 6) is 0.416. The van der Waals surface area contributed by atoms with Gasteiger partial charge in [0.05, 0.1) is 23.6 Å². The van der Waals surface area contributed by atoms with Crippen molar-refractivity contribution >= 4 is 33.6 Å². The van der Waals surface area contributed by atoms with Crippen LogP contribution in [0.5, 0.6) is 0 Å². The molecular formula is C12H21N3O3S2. The lowest BCUT2D eigenvalue weighted by atomic mass is 10.1. The fourth-order valence-electron chi connectivity index (χ4n) is 2.86. The highest BCUT2D eigenvalue weighted by Gasteiger charge is 2.46. The lowest BCUT2D eigenvalue weighted by Crippen LogP contribution is -2.37. The summed E-state index contributed by atoms with van der Waals surface area (Å²) in [7, 11) is -2.91. The van der Waals surface area contributed by atoms with E-state index in [9.17, 15) is 13.2 Å². The van der Waals surface area contributed by atoms with Crippen molar-refractivity contribution in [2.75, 3.05) is 24.6 Å². The van der Waals surface area contributed by atoms with Crippen LogP contribution in [0.2, 0.25) is 0 Å². The van der Waals surface area contributed by atoms with Crippen LogP contribution in [0, 0.1) is 0 Å². The van der Waals surface area contributed by atoms with E-state index in [0.717, 1.165) is 45.2 Å². The first kappa shape index (κ1) is 15.5. The molecule has 2 aliphatic rings. The topological polar surface area (TPSA) is 78.5 Å². The Morgan fingerprint density at radius 3 is 2.80 bits per heavy atom. The lowest BCUT2D eigenvalue weighted by Gasteiger charge is -2.23. The zero-order valence-corrected chi connectivity index (χ0v) is 13.0. The maximum Gasteiger partial charge on any atom is 0.207 e. The van der Waals surface area contributed by atoms with Crippen LogP contribution >= 0.6 is 12.2 Å². The van der Waals surface area contributed by atoms with E-state index in [1.54, 1.807) is 0 Å². The Bertz CT molecular complexity index is 467. The van der Waals surface area contributed by atoms with Gasteiger partial charge in [0.2, 0.25) is 6.41 Å². The molecule has 2 heterocycles. The highest BCUT2D eigenvalue weighted by Crippen LogP contribution is 2.24. The molecule has 0 radical (unpaired) electrons. The monoisotopic (exact) mass is 319 g/mol. The summed E-state index contributed by atoms with van der Waals surface area (Å²) in [5, 5.41) is 6.45. The van der Waals surface area contributed by atoms with Crippen LogP contribution < -0.4 is 10.6 Å². The van der Waals surface area contributed by atoms with Crippen LogP contribution in [-0.2, 0) is 14.6 Å².